The number of Topliss-reactive ketones (excluding diaryl/α,β-unsaturated/α-hetero) is 1. The van der Waals surface area contributed by atoms with Gasteiger partial charge in [-0.3, -0.25) is 10.2 Å². The number of ketones is 1. The summed E-state index contributed by atoms with van der Waals surface area (Å²) in [4.78, 5) is 15.1. The first-order valence-electron chi connectivity index (χ1n) is 9.71. The molecule has 3 rings (SSSR count). The van der Waals surface area contributed by atoms with Gasteiger partial charge in [-0.05, 0) is 49.5 Å². The number of fused-ring (bicyclic) bond motifs is 1. The van der Waals surface area contributed by atoms with E-state index in [1.54, 1.807) is 35.9 Å². The first-order valence-corrected chi connectivity index (χ1v) is 9.71. The molecule has 1 heterocycles. The van der Waals surface area contributed by atoms with Crippen molar-refractivity contribution < 1.29 is 9.53 Å². The third-order valence-electron chi connectivity index (χ3n) is 5.22. The van der Waals surface area contributed by atoms with Crippen LogP contribution >= 0.6 is 17.0 Å². The van der Waals surface area contributed by atoms with E-state index in [2.05, 4.69) is 18.7 Å². The average Bonchev–Trinajstić information content (AvgIpc) is 3.00. The molecule has 6 nitrogen and oxygen atoms in total. The van der Waals surface area contributed by atoms with Gasteiger partial charge in [0.25, 0.3) is 0 Å². The standard InChI is InChI=1S/C22H28N4O2.BrH/c1-4-24(5-2)14-15-25-19-8-6-7-9-20(19)26(22(25)23)16-21(27)17-10-12-18(28-3)13-11-17;/h6-13,23H,4-5,14-16H2,1-3H3;1H. The van der Waals surface area contributed by atoms with Gasteiger partial charge < -0.3 is 18.8 Å². The zero-order valence-corrected chi connectivity index (χ0v) is 18.9. The summed E-state index contributed by atoms with van der Waals surface area (Å²) in [6, 6.07) is 15.0. The highest BCUT2D eigenvalue weighted by molar-refractivity contribution is 8.93. The third-order valence-corrected chi connectivity index (χ3v) is 5.22. The van der Waals surface area contributed by atoms with Crippen LogP contribution < -0.4 is 10.4 Å². The number of carbonyl (C=O) groups is 1. The number of likely N-dealkylation sites (N-methyl/N-ethyl adjacent to an activating group) is 1. The van der Waals surface area contributed by atoms with Crippen molar-refractivity contribution in [1.29, 1.82) is 5.41 Å². The zero-order valence-electron chi connectivity index (χ0n) is 17.2. The maximum absolute atomic E-state index is 12.8. The molecule has 0 unspecified atom stereocenters. The third kappa shape index (κ3) is 4.97. The van der Waals surface area contributed by atoms with Crippen LogP contribution in [0, 0.1) is 5.41 Å². The van der Waals surface area contributed by atoms with Gasteiger partial charge in [0.2, 0.25) is 5.62 Å². The van der Waals surface area contributed by atoms with Gasteiger partial charge in [-0.1, -0.05) is 26.0 Å². The van der Waals surface area contributed by atoms with E-state index in [4.69, 9.17) is 10.1 Å². The molecule has 156 valence electrons. The lowest BCUT2D eigenvalue weighted by molar-refractivity contribution is 0.0971. The molecule has 0 radical (unpaired) electrons. The van der Waals surface area contributed by atoms with Crippen molar-refractivity contribution in [2.45, 2.75) is 26.9 Å². The Morgan fingerprint density at radius 3 is 2.14 bits per heavy atom. The number of benzene rings is 2. The van der Waals surface area contributed by atoms with Gasteiger partial charge >= 0.3 is 0 Å². The van der Waals surface area contributed by atoms with Crippen LogP contribution in [0.3, 0.4) is 0 Å². The maximum atomic E-state index is 12.8. The number of ether oxygens (including phenoxy) is 1. The summed E-state index contributed by atoms with van der Waals surface area (Å²) < 4.78 is 8.95. The van der Waals surface area contributed by atoms with Crippen LogP contribution in [0.5, 0.6) is 5.75 Å². The topological polar surface area (TPSA) is 63.2 Å². The van der Waals surface area contributed by atoms with Crippen molar-refractivity contribution in [3.8, 4) is 5.75 Å². The maximum Gasteiger partial charge on any atom is 0.203 e. The van der Waals surface area contributed by atoms with Gasteiger partial charge in [-0.2, -0.15) is 0 Å². The highest BCUT2D eigenvalue weighted by atomic mass is 79.9. The lowest BCUT2D eigenvalue weighted by Crippen LogP contribution is -2.32. The minimum Gasteiger partial charge on any atom is -0.497 e. The quantitative estimate of drug-likeness (QED) is 0.494. The normalized spacial score (nSPS) is 10.9. The van der Waals surface area contributed by atoms with Gasteiger partial charge in [-0.25, -0.2) is 0 Å². The van der Waals surface area contributed by atoms with Gasteiger partial charge in [0.05, 0.1) is 24.7 Å². The number of hydrogen-bond acceptors (Lipinski definition) is 4. The Balaban J connectivity index is 0.00000300. The number of nitrogens with zero attached hydrogens (tertiary/aromatic N) is 3. The number of imidazole rings is 1. The highest BCUT2D eigenvalue weighted by Crippen LogP contribution is 2.16. The minimum absolute atomic E-state index is 0. The second-order valence-electron chi connectivity index (χ2n) is 6.73. The van der Waals surface area contributed by atoms with Crippen molar-refractivity contribution in [3.05, 3.63) is 59.7 Å². The molecule has 3 aromatic rings. The van der Waals surface area contributed by atoms with Crippen LogP contribution in [-0.2, 0) is 13.1 Å². The van der Waals surface area contributed by atoms with E-state index in [9.17, 15) is 4.79 Å². The molecule has 1 N–H and O–H groups in total. The monoisotopic (exact) mass is 460 g/mol. The Kier molecular flexibility index (Phi) is 8.22. The average molecular weight is 461 g/mol. The van der Waals surface area contributed by atoms with Crippen molar-refractivity contribution in [1.82, 2.24) is 14.0 Å². The van der Waals surface area contributed by atoms with E-state index >= 15 is 0 Å². The van der Waals surface area contributed by atoms with E-state index in [0.29, 0.717) is 11.2 Å². The lowest BCUT2D eigenvalue weighted by atomic mass is 10.1. The molecule has 0 aliphatic heterocycles. The predicted molar refractivity (Wildman–Crippen MR) is 121 cm³/mol. The van der Waals surface area contributed by atoms with Gasteiger partial charge in [0.15, 0.2) is 5.78 Å². The van der Waals surface area contributed by atoms with Gasteiger partial charge in [0, 0.05) is 18.7 Å². The van der Waals surface area contributed by atoms with E-state index < -0.39 is 0 Å². The van der Waals surface area contributed by atoms with Crippen molar-refractivity contribution in [2.24, 2.45) is 0 Å². The Morgan fingerprint density at radius 1 is 1.00 bits per heavy atom. The number of hydrogen-bond donors (Lipinski definition) is 1. The number of methoxy groups -OCH3 is 1. The highest BCUT2D eigenvalue weighted by Gasteiger charge is 2.15. The van der Waals surface area contributed by atoms with E-state index in [0.717, 1.165) is 43.0 Å². The van der Waals surface area contributed by atoms with E-state index in [1.165, 1.54) is 0 Å². The van der Waals surface area contributed by atoms with Crippen LogP contribution in [0.4, 0.5) is 0 Å². The summed E-state index contributed by atoms with van der Waals surface area (Å²) in [5.74, 6) is 0.700. The molecule has 0 amide bonds. The summed E-state index contributed by atoms with van der Waals surface area (Å²) in [5.41, 5.74) is 2.87. The van der Waals surface area contributed by atoms with Gasteiger partial charge in [-0.15, -0.1) is 17.0 Å². The zero-order chi connectivity index (χ0) is 20.1. The van der Waals surface area contributed by atoms with Gasteiger partial charge in [0.1, 0.15) is 5.75 Å². The molecule has 0 aliphatic carbocycles. The lowest BCUT2D eigenvalue weighted by Gasteiger charge is -2.18. The van der Waals surface area contributed by atoms with E-state index in [1.807, 2.05) is 28.8 Å². The summed E-state index contributed by atoms with van der Waals surface area (Å²) in [7, 11) is 1.60. The molecule has 0 saturated heterocycles. The van der Waals surface area contributed by atoms with Crippen LogP contribution in [0.15, 0.2) is 48.5 Å². The van der Waals surface area contributed by atoms with Crippen molar-refractivity contribution in [2.75, 3.05) is 26.7 Å². The largest absolute Gasteiger partial charge is 0.497 e. The molecule has 7 heteroatoms. The fraction of sp³-hybridized carbons (Fsp3) is 0.364. The number of carbonyl (C=O) groups excluding carboxylic acids is 1. The molecule has 29 heavy (non-hydrogen) atoms. The van der Waals surface area contributed by atoms with Crippen LogP contribution in [0.25, 0.3) is 11.0 Å². The second kappa shape index (κ2) is 10.4. The fourth-order valence-electron chi connectivity index (χ4n) is 3.47. The smallest absolute Gasteiger partial charge is 0.203 e. The Labute approximate surface area is 182 Å². The molecular weight excluding hydrogens is 432 g/mol. The fourth-order valence-corrected chi connectivity index (χ4v) is 3.47. The second-order valence-corrected chi connectivity index (χ2v) is 6.73. The first-order chi connectivity index (χ1) is 13.6. The Hall–Kier alpha value is -2.38. The molecular formula is C22H29BrN4O2. The molecule has 2 aromatic carbocycles. The summed E-state index contributed by atoms with van der Waals surface area (Å²) in [6.07, 6.45) is 0. The Morgan fingerprint density at radius 2 is 1.59 bits per heavy atom. The number of para-hydroxylation sites is 2. The molecule has 0 saturated carbocycles. The Bertz CT molecular complexity index is 1000. The molecule has 0 aliphatic rings. The number of halogens is 1. The summed E-state index contributed by atoms with van der Waals surface area (Å²) in [5, 5.41) is 8.69. The molecule has 0 fully saturated rings. The first kappa shape index (κ1) is 22.9. The molecule has 0 spiro atoms. The van der Waals surface area contributed by atoms with Crippen LogP contribution in [-0.4, -0.2) is 46.6 Å². The molecule has 0 bridgehead atoms. The summed E-state index contributed by atoms with van der Waals surface area (Å²) >= 11 is 0. The van der Waals surface area contributed by atoms with Crippen LogP contribution in [0.2, 0.25) is 0 Å². The summed E-state index contributed by atoms with van der Waals surface area (Å²) in [6.45, 7) is 8.01. The van der Waals surface area contributed by atoms with Crippen molar-refractivity contribution in [3.63, 3.8) is 0 Å². The van der Waals surface area contributed by atoms with Crippen molar-refractivity contribution >= 4 is 33.8 Å². The number of nitrogens with one attached hydrogen (secondary N) is 1. The number of aromatic nitrogens is 2. The van der Waals surface area contributed by atoms with Crippen LogP contribution in [0.1, 0.15) is 24.2 Å². The molecule has 0 atom stereocenters. The number of rotatable bonds is 9. The minimum atomic E-state index is -0.0206. The van der Waals surface area contributed by atoms with E-state index in [-0.39, 0.29) is 29.3 Å². The predicted octanol–water partition coefficient (Wildman–Crippen LogP) is 3.73. The molecule has 1 aromatic heterocycles. The SMILES string of the molecule is Br.CCN(CC)CCn1c(=N)n(CC(=O)c2ccc(OC)cc2)c2ccccc21.